The Labute approximate surface area is 114 Å². The van der Waals surface area contributed by atoms with Crippen molar-refractivity contribution < 1.29 is 19.5 Å². The molecule has 104 valence electrons. The monoisotopic (exact) mass is 275 g/mol. The van der Waals surface area contributed by atoms with Gasteiger partial charge in [-0.15, -0.1) is 0 Å². The fourth-order valence-corrected chi connectivity index (χ4v) is 2.76. The first kappa shape index (κ1) is 12.6. The first-order chi connectivity index (χ1) is 9.59. The van der Waals surface area contributed by atoms with Crippen molar-refractivity contribution in [2.45, 2.75) is 18.9 Å². The summed E-state index contributed by atoms with van der Waals surface area (Å²) in [5.41, 5.74) is 0.454. The number of aromatic nitrogens is 1. The van der Waals surface area contributed by atoms with Gasteiger partial charge in [-0.3, -0.25) is 19.5 Å². The van der Waals surface area contributed by atoms with Crippen LogP contribution in [-0.4, -0.2) is 56.9 Å². The molecule has 20 heavy (non-hydrogen) atoms. The maximum Gasteiger partial charge on any atom is 0.407 e. The van der Waals surface area contributed by atoms with Crippen LogP contribution in [0.3, 0.4) is 0 Å². The molecule has 7 heteroatoms. The highest BCUT2D eigenvalue weighted by atomic mass is 16.4. The maximum atomic E-state index is 12.3. The molecule has 0 bridgehead atoms. The SMILES string of the molecule is O=C(O)N1CCCC(N2C(=O)c3cccnc3C2=O)C1. The van der Waals surface area contributed by atoms with Crippen LogP contribution in [-0.2, 0) is 0 Å². The fourth-order valence-electron chi connectivity index (χ4n) is 2.76. The number of rotatable bonds is 1. The molecular weight excluding hydrogens is 262 g/mol. The van der Waals surface area contributed by atoms with E-state index in [1.165, 1.54) is 11.1 Å². The van der Waals surface area contributed by atoms with Crippen molar-refractivity contribution in [1.82, 2.24) is 14.8 Å². The van der Waals surface area contributed by atoms with Crippen LogP contribution in [0.1, 0.15) is 33.7 Å². The summed E-state index contributed by atoms with van der Waals surface area (Å²) in [7, 11) is 0. The summed E-state index contributed by atoms with van der Waals surface area (Å²) in [4.78, 5) is 41.9. The predicted molar refractivity (Wildman–Crippen MR) is 67.4 cm³/mol. The molecule has 0 aromatic carbocycles. The topological polar surface area (TPSA) is 90.8 Å². The van der Waals surface area contributed by atoms with E-state index in [1.807, 2.05) is 0 Å². The molecule has 0 saturated carbocycles. The molecular formula is C13H13N3O4. The van der Waals surface area contributed by atoms with Crippen LogP contribution in [0.5, 0.6) is 0 Å². The molecule has 1 aromatic heterocycles. The number of carbonyl (C=O) groups excluding carboxylic acids is 2. The molecule has 1 aromatic rings. The van der Waals surface area contributed by atoms with Crippen molar-refractivity contribution in [2.75, 3.05) is 13.1 Å². The van der Waals surface area contributed by atoms with Gasteiger partial charge in [0.15, 0.2) is 0 Å². The average Bonchev–Trinajstić information content (AvgIpc) is 2.72. The molecule has 3 rings (SSSR count). The molecule has 0 aliphatic carbocycles. The molecule has 2 aliphatic heterocycles. The predicted octanol–water partition coefficient (Wildman–Crippen LogP) is 0.820. The molecule has 1 saturated heterocycles. The van der Waals surface area contributed by atoms with Crippen LogP contribution in [0, 0.1) is 0 Å². The van der Waals surface area contributed by atoms with Gasteiger partial charge in [0.2, 0.25) is 0 Å². The Morgan fingerprint density at radius 2 is 2.15 bits per heavy atom. The molecule has 0 radical (unpaired) electrons. The van der Waals surface area contributed by atoms with Gasteiger partial charge >= 0.3 is 6.09 Å². The summed E-state index contributed by atoms with van der Waals surface area (Å²) in [5, 5.41) is 9.03. The van der Waals surface area contributed by atoms with E-state index in [9.17, 15) is 14.4 Å². The quantitative estimate of drug-likeness (QED) is 0.766. The molecule has 7 nitrogen and oxygen atoms in total. The second-order valence-electron chi connectivity index (χ2n) is 4.90. The van der Waals surface area contributed by atoms with Crippen LogP contribution < -0.4 is 0 Å². The van der Waals surface area contributed by atoms with Crippen LogP contribution in [0.15, 0.2) is 18.3 Å². The van der Waals surface area contributed by atoms with E-state index in [2.05, 4.69) is 4.98 Å². The molecule has 1 unspecified atom stereocenters. The maximum absolute atomic E-state index is 12.3. The number of piperidine rings is 1. The minimum Gasteiger partial charge on any atom is -0.465 e. The number of amides is 3. The Kier molecular flexibility index (Phi) is 2.89. The Balaban J connectivity index is 1.87. The first-order valence-electron chi connectivity index (χ1n) is 6.40. The summed E-state index contributed by atoms with van der Waals surface area (Å²) in [6.07, 6.45) is 1.70. The van der Waals surface area contributed by atoms with Crippen molar-refractivity contribution in [2.24, 2.45) is 0 Å². The van der Waals surface area contributed by atoms with Crippen molar-refractivity contribution in [3.05, 3.63) is 29.6 Å². The van der Waals surface area contributed by atoms with Crippen molar-refractivity contribution >= 4 is 17.9 Å². The van der Waals surface area contributed by atoms with Gasteiger partial charge in [0, 0.05) is 19.3 Å². The summed E-state index contributed by atoms with van der Waals surface area (Å²) >= 11 is 0. The zero-order chi connectivity index (χ0) is 14.3. The van der Waals surface area contributed by atoms with Gasteiger partial charge in [0.1, 0.15) is 5.69 Å². The van der Waals surface area contributed by atoms with Gasteiger partial charge in [-0.2, -0.15) is 0 Å². The summed E-state index contributed by atoms with van der Waals surface area (Å²) in [6.45, 7) is 0.605. The molecule has 3 heterocycles. The normalized spacial score (nSPS) is 22.1. The van der Waals surface area contributed by atoms with E-state index in [0.717, 1.165) is 4.90 Å². The van der Waals surface area contributed by atoms with Crippen molar-refractivity contribution in [3.8, 4) is 0 Å². The fraction of sp³-hybridized carbons (Fsp3) is 0.385. The molecule has 2 aliphatic rings. The number of imide groups is 1. The lowest BCUT2D eigenvalue weighted by atomic mass is 10.0. The van der Waals surface area contributed by atoms with E-state index in [0.29, 0.717) is 24.9 Å². The average molecular weight is 275 g/mol. The molecule has 1 atom stereocenters. The third-order valence-electron chi connectivity index (χ3n) is 3.71. The lowest BCUT2D eigenvalue weighted by Gasteiger charge is -2.34. The number of fused-ring (bicyclic) bond motifs is 1. The van der Waals surface area contributed by atoms with Gasteiger partial charge in [-0.05, 0) is 25.0 Å². The molecule has 1 fully saturated rings. The molecule has 0 spiro atoms. The smallest absolute Gasteiger partial charge is 0.407 e. The Morgan fingerprint density at radius 1 is 1.35 bits per heavy atom. The van der Waals surface area contributed by atoms with Crippen LogP contribution in [0.2, 0.25) is 0 Å². The number of likely N-dealkylation sites (tertiary alicyclic amines) is 1. The van der Waals surface area contributed by atoms with E-state index in [4.69, 9.17) is 5.11 Å². The minimum absolute atomic E-state index is 0.157. The van der Waals surface area contributed by atoms with Crippen LogP contribution >= 0.6 is 0 Å². The van der Waals surface area contributed by atoms with E-state index in [-0.39, 0.29) is 18.1 Å². The summed E-state index contributed by atoms with van der Waals surface area (Å²) in [5.74, 6) is -0.807. The molecule has 3 amide bonds. The number of carboxylic acid groups (broad SMARTS) is 1. The number of nitrogens with zero attached hydrogens (tertiary/aromatic N) is 3. The van der Waals surface area contributed by atoms with Crippen LogP contribution in [0.4, 0.5) is 4.79 Å². The number of carbonyl (C=O) groups is 3. The van der Waals surface area contributed by atoms with Gasteiger partial charge < -0.3 is 10.0 Å². The number of hydrogen-bond acceptors (Lipinski definition) is 4. The highest BCUT2D eigenvalue weighted by Crippen LogP contribution is 2.26. The summed E-state index contributed by atoms with van der Waals surface area (Å²) in [6, 6.07) is 2.77. The Bertz CT molecular complexity index is 566. The largest absolute Gasteiger partial charge is 0.465 e. The standard InChI is InChI=1S/C13H13N3O4/c17-11-9-4-1-5-14-10(9)12(18)16(11)8-3-2-6-15(7-8)13(19)20/h1,4-5,8H,2-3,6-7H2,(H,19,20). The third-order valence-corrected chi connectivity index (χ3v) is 3.71. The zero-order valence-corrected chi connectivity index (χ0v) is 10.7. The lowest BCUT2D eigenvalue weighted by Crippen LogP contribution is -2.51. The second kappa shape index (κ2) is 4.59. The van der Waals surface area contributed by atoms with E-state index >= 15 is 0 Å². The minimum atomic E-state index is -1.02. The number of hydrogen-bond donors (Lipinski definition) is 1. The Hall–Kier alpha value is -2.44. The van der Waals surface area contributed by atoms with Gasteiger partial charge in [-0.1, -0.05) is 0 Å². The van der Waals surface area contributed by atoms with Gasteiger partial charge in [0.05, 0.1) is 11.6 Å². The van der Waals surface area contributed by atoms with Crippen molar-refractivity contribution in [3.63, 3.8) is 0 Å². The second-order valence-corrected chi connectivity index (χ2v) is 4.90. The van der Waals surface area contributed by atoms with Gasteiger partial charge in [0.25, 0.3) is 11.8 Å². The highest BCUT2D eigenvalue weighted by Gasteiger charge is 2.42. The van der Waals surface area contributed by atoms with E-state index < -0.39 is 18.0 Å². The van der Waals surface area contributed by atoms with Crippen molar-refractivity contribution in [1.29, 1.82) is 0 Å². The van der Waals surface area contributed by atoms with E-state index in [1.54, 1.807) is 12.1 Å². The summed E-state index contributed by atoms with van der Waals surface area (Å²) < 4.78 is 0. The first-order valence-corrected chi connectivity index (χ1v) is 6.40. The highest BCUT2D eigenvalue weighted by molar-refractivity contribution is 6.20. The zero-order valence-electron chi connectivity index (χ0n) is 10.7. The number of pyridine rings is 1. The Morgan fingerprint density at radius 3 is 2.85 bits per heavy atom. The van der Waals surface area contributed by atoms with Crippen LogP contribution in [0.25, 0.3) is 0 Å². The third kappa shape index (κ3) is 1.82. The lowest BCUT2D eigenvalue weighted by molar-refractivity contribution is 0.0474. The molecule has 1 N–H and O–H groups in total. The van der Waals surface area contributed by atoms with Gasteiger partial charge in [-0.25, -0.2) is 4.79 Å².